The van der Waals surface area contributed by atoms with E-state index in [2.05, 4.69) is 0 Å². The summed E-state index contributed by atoms with van der Waals surface area (Å²) in [7, 11) is 0. The molecule has 6 aromatic rings. The maximum absolute atomic E-state index is 12.6. The van der Waals surface area contributed by atoms with Gasteiger partial charge in [0.25, 0.3) is 0 Å². The van der Waals surface area contributed by atoms with Crippen molar-refractivity contribution in [2.24, 2.45) is 0 Å². The largest absolute Gasteiger partial charge is 0.394 e. The van der Waals surface area contributed by atoms with Crippen LogP contribution in [-0.4, -0.2) is 411 Å². The smallest absolute Gasteiger partial charge is 0.187 e. The minimum absolute atomic E-state index is 0.539. The molecule has 30 saturated heterocycles. The van der Waals surface area contributed by atoms with E-state index >= 15 is 0 Å². The quantitative estimate of drug-likeness (QED) is 0.0356. The van der Waals surface area contributed by atoms with Crippen LogP contribution in [0.25, 0.3) is 0 Å². The van der Waals surface area contributed by atoms with Gasteiger partial charge in [-0.2, -0.15) is 0 Å². The Kier molecular flexibility index (Phi) is 30.9. The third-order valence-electron chi connectivity index (χ3n) is 24.5. The standard InChI is InChI=1S/C86H108O40/c87-31-45-69-54(94)62(102)78(112-45)121-71-47(33-89)115-81(65(105)57(71)97)125-75-51(37-109-85(39-19-7-1-8-20-39,40-21-9-2-10-22-40)41-23-11-3-12-24-41)118-84(68(108)60(75)100)124-74-50(36-92)114-80(64(104)56(74)96)122-72-48(34-90)116-82(66(106)58(72)98)126-76-52(38-110-86(42-25-13-4-14-26-42,43-27-15-5-16-28-43)44-29-17-6-18-30-44)117-83(67(107)59(76)99)123-73-49(35-91)113-79(63(103)55(73)95)120-70-46(32-88)111-77(119-69)61(101)53(70)93/h1-30,45-84,87-108H,31-38H2/t45-,46-,47-,48-,49-,50-,51-,52-,53-,54-,55-,56-,57-,58-,59-,60-,61-,62-,63-,64-,65-,66-,67-,68-,69-,70-,71-,72-,73-,74-,75-,76-,77-,78-,79-,80-,81-,82-,83-,84-/m1/s1. The number of hydrogen-bond donors (Lipinski definition) is 22. The summed E-state index contributed by atoms with van der Waals surface area (Å²) in [6.45, 7) is -8.02. The second kappa shape index (κ2) is 41.2. The summed E-state index contributed by atoms with van der Waals surface area (Å²) in [4.78, 5) is 0. The third kappa shape index (κ3) is 18.6. The topological polar surface area (TPSA) is 611 Å². The van der Waals surface area contributed by atoms with E-state index in [-0.39, 0.29) is 0 Å². The average molecular weight is 1780 g/mol. The average Bonchev–Trinajstić information content (AvgIpc) is 0.752. The molecule has 16 bridgehead atoms. The van der Waals surface area contributed by atoms with E-state index in [9.17, 15) is 112 Å². The Morgan fingerprint density at radius 3 is 0.437 bits per heavy atom. The minimum atomic E-state index is -2.32. The Hall–Kier alpha value is -6.28. The highest BCUT2D eigenvalue weighted by Crippen LogP contribution is 2.47. The fourth-order valence-electron chi connectivity index (χ4n) is 17.8. The first-order valence-corrected chi connectivity index (χ1v) is 41.5. The summed E-state index contributed by atoms with van der Waals surface area (Å²) in [6, 6.07) is 53.0. The normalized spacial score (nSPS) is 42.3. The van der Waals surface area contributed by atoms with Crippen molar-refractivity contribution in [1.29, 1.82) is 0 Å². The second-order valence-electron chi connectivity index (χ2n) is 32.3. The molecule has 30 aliphatic rings. The second-order valence-corrected chi connectivity index (χ2v) is 32.3. The Bertz CT molecular complexity index is 3970. The molecule has 0 spiro atoms. The molecule has 22 N–H and O–H groups in total. The summed E-state index contributed by atoms with van der Waals surface area (Å²) in [6.07, 6.45) is -84.1. The molecule has 0 saturated carbocycles. The van der Waals surface area contributed by atoms with Gasteiger partial charge in [0.1, 0.15) is 207 Å². The van der Waals surface area contributed by atoms with Gasteiger partial charge < -0.3 is 198 Å². The third-order valence-corrected chi connectivity index (χ3v) is 24.5. The van der Waals surface area contributed by atoms with E-state index in [0.29, 0.717) is 33.4 Å². The Balaban J connectivity index is 0.762. The van der Waals surface area contributed by atoms with Crippen molar-refractivity contribution >= 4 is 0 Å². The van der Waals surface area contributed by atoms with Crippen molar-refractivity contribution in [3.63, 3.8) is 0 Å². The molecule has 0 aromatic heterocycles. The lowest BCUT2D eigenvalue weighted by molar-refractivity contribution is -0.404. The molecule has 40 atom stereocenters. The molecular formula is C86H108O40. The molecule has 0 radical (unpaired) electrons. The van der Waals surface area contributed by atoms with Gasteiger partial charge in [-0.25, -0.2) is 0 Å². The molecule has 692 valence electrons. The minimum Gasteiger partial charge on any atom is -0.394 e. The van der Waals surface area contributed by atoms with Crippen LogP contribution in [0.15, 0.2) is 182 Å². The van der Waals surface area contributed by atoms with Crippen molar-refractivity contribution in [2.75, 3.05) is 52.9 Å². The van der Waals surface area contributed by atoms with Crippen LogP contribution in [0.5, 0.6) is 0 Å². The highest BCUT2D eigenvalue weighted by atomic mass is 16.8. The molecule has 30 heterocycles. The van der Waals surface area contributed by atoms with Crippen LogP contribution >= 0.6 is 0 Å². The summed E-state index contributed by atoms with van der Waals surface area (Å²) < 4.78 is 112. The lowest BCUT2D eigenvalue weighted by Crippen LogP contribution is -2.69. The van der Waals surface area contributed by atoms with Gasteiger partial charge in [0, 0.05) is 0 Å². The van der Waals surface area contributed by atoms with Crippen molar-refractivity contribution in [3.8, 4) is 0 Å². The van der Waals surface area contributed by atoms with Crippen LogP contribution in [0, 0.1) is 0 Å². The SMILES string of the molecule is OC[C@H]1O[C@@H]2O[C@H]3[C@H](O)[C@@H](O)[C@@H](O[C@H]4[C@H](O)[C@@H](O)[C@@H](O[C@H]5[C@H](O)[C@@H](O)[C@@H](O[C@H]6[C@H](O)[C@@H](O)[C@@H](O[C@H]7[C@H](O)[C@@H](O)[C@@H](O[C@H]8[C@H](O)[C@@H](O)[C@@H](O[C@H]9[C@H](O)[C@@H](O)[C@@H](O[C@H]1[C@H](O)[C@H]2O)O[C@@H]9CO)O[C@@H]8CO)O[C@@H]7COC(c1ccccc1)(c1ccccc1)c1ccccc1)O[C@@H]6CO)O[C@@H]5CO)O[C@@H]4COC(c1ccccc1)(c1ccccc1)c1ccccc1)O[C@@H]3CO. The first-order valence-electron chi connectivity index (χ1n) is 41.5. The molecule has 126 heavy (non-hydrogen) atoms. The molecule has 40 nitrogen and oxygen atoms in total. The molecule has 0 unspecified atom stereocenters. The molecule has 0 aliphatic carbocycles. The number of hydrogen-bond acceptors (Lipinski definition) is 40. The number of benzene rings is 6. The molecule has 6 aromatic carbocycles. The van der Waals surface area contributed by atoms with Gasteiger partial charge in [0.15, 0.2) is 50.3 Å². The number of ether oxygens (including phenoxy) is 18. The maximum Gasteiger partial charge on any atom is 0.187 e. The first kappa shape index (κ1) is 94.4. The van der Waals surface area contributed by atoms with Gasteiger partial charge in [0.05, 0.1) is 52.9 Å². The summed E-state index contributed by atoms with van der Waals surface area (Å²) in [5, 5.41) is 260. The van der Waals surface area contributed by atoms with Gasteiger partial charge in [-0.05, 0) is 33.4 Å². The van der Waals surface area contributed by atoms with E-state index in [1.165, 1.54) is 0 Å². The van der Waals surface area contributed by atoms with Gasteiger partial charge >= 0.3 is 0 Å². The fraction of sp³-hybridized carbons (Fsp3) is 0.581. The lowest BCUT2D eigenvalue weighted by Gasteiger charge is -2.51. The zero-order chi connectivity index (χ0) is 89.2. The van der Waals surface area contributed by atoms with Crippen LogP contribution in [0.1, 0.15) is 33.4 Å². The molecule has 36 rings (SSSR count). The van der Waals surface area contributed by atoms with Crippen molar-refractivity contribution in [1.82, 2.24) is 0 Å². The Labute approximate surface area is 719 Å². The Morgan fingerprint density at radius 2 is 0.302 bits per heavy atom. The highest BCUT2D eigenvalue weighted by molar-refractivity contribution is 5.49. The highest BCUT2D eigenvalue weighted by Gasteiger charge is 2.62. The van der Waals surface area contributed by atoms with E-state index in [1.54, 1.807) is 182 Å². The molecule has 30 aliphatic heterocycles. The van der Waals surface area contributed by atoms with Crippen LogP contribution in [0.2, 0.25) is 0 Å². The van der Waals surface area contributed by atoms with Gasteiger partial charge in [0.2, 0.25) is 0 Å². The van der Waals surface area contributed by atoms with Crippen LogP contribution in [0.4, 0.5) is 0 Å². The number of aliphatic hydroxyl groups is 22. The van der Waals surface area contributed by atoms with Crippen LogP contribution < -0.4 is 0 Å². The van der Waals surface area contributed by atoms with E-state index in [1.807, 2.05) is 0 Å². The van der Waals surface area contributed by atoms with Gasteiger partial charge in [-0.15, -0.1) is 0 Å². The van der Waals surface area contributed by atoms with Crippen LogP contribution in [-0.2, 0) is 96.5 Å². The van der Waals surface area contributed by atoms with E-state index in [4.69, 9.17) is 85.3 Å². The predicted octanol–water partition coefficient (Wildman–Crippen LogP) is -7.37. The lowest BCUT2D eigenvalue weighted by atomic mass is 9.80. The zero-order valence-corrected chi connectivity index (χ0v) is 67.3. The van der Waals surface area contributed by atoms with Crippen LogP contribution in [0.3, 0.4) is 0 Å². The molecule has 30 fully saturated rings. The van der Waals surface area contributed by atoms with Crippen molar-refractivity contribution < 1.29 is 198 Å². The molecule has 0 amide bonds. The zero-order valence-electron chi connectivity index (χ0n) is 67.3. The van der Waals surface area contributed by atoms with E-state index in [0.717, 1.165) is 0 Å². The summed E-state index contributed by atoms with van der Waals surface area (Å²) >= 11 is 0. The van der Waals surface area contributed by atoms with Gasteiger partial charge in [-0.3, -0.25) is 0 Å². The molecular weight excluding hydrogens is 1670 g/mol. The van der Waals surface area contributed by atoms with E-state index < -0.39 is 310 Å². The summed E-state index contributed by atoms with van der Waals surface area (Å²) in [5.74, 6) is 0. The Morgan fingerprint density at radius 1 is 0.175 bits per heavy atom. The maximum atomic E-state index is 12.6. The van der Waals surface area contributed by atoms with Crippen molar-refractivity contribution in [3.05, 3.63) is 215 Å². The summed E-state index contributed by atoms with van der Waals surface area (Å²) in [5.41, 5.74) is 0.0442. The number of aliphatic hydroxyl groups excluding tert-OH is 22. The molecule has 40 heteroatoms. The fourth-order valence-corrected chi connectivity index (χ4v) is 17.8. The van der Waals surface area contributed by atoms with Crippen molar-refractivity contribution in [2.45, 2.75) is 257 Å². The predicted molar refractivity (Wildman–Crippen MR) is 417 cm³/mol. The first-order chi connectivity index (χ1) is 60.8. The number of rotatable bonds is 18. The monoisotopic (exact) mass is 1780 g/mol. The van der Waals surface area contributed by atoms with Gasteiger partial charge in [-0.1, -0.05) is 182 Å².